The first-order valence-corrected chi connectivity index (χ1v) is 7.22. The minimum atomic E-state index is -0.345. The minimum Gasteiger partial charge on any atom is -0.711 e. The largest absolute Gasteiger partial charge is 0.711 e. The molecule has 0 amide bonds. The third kappa shape index (κ3) is 2.19. The second-order valence-corrected chi connectivity index (χ2v) is 5.10. The van der Waals surface area contributed by atoms with Crippen LogP contribution in [0, 0.1) is 5.21 Å². The van der Waals surface area contributed by atoms with E-state index in [0.29, 0.717) is 10.4 Å². The van der Waals surface area contributed by atoms with Gasteiger partial charge in [0.2, 0.25) is 5.78 Å². The lowest BCUT2D eigenvalue weighted by atomic mass is 10.1. The van der Waals surface area contributed by atoms with Gasteiger partial charge in [0.25, 0.3) is 0 Å². The Hall–Kier alpha value is -3.61. The van der Waals surface area contributed by atoms with Crippen molar-refractivity contribution in [2.45, 2.75) is 0 Å². The Morgan fingerprint density at radius 1 is 1.08 bits per heavy atom. The Bertz CT molecular complexity index is 1030. The van der Waals surface area contributed by atoms with Crippen LogP contribution in [0.15, 0.2) is 67.4 Å². The maximum atomic E-state index is 12.6. The van der Waals surface area contributed by atoms with Gasteiger partial charge in [-0.05, 0) is 24.3 Å². The predicted octanol–water partition coefficient (Wildman–Crippen LogP) is 1.66. The Labute approximate surface area is 136 Å². The van der Waals surface area contributed by atoms with Crippen LogP contribution in [0.4, 0.5) is 0 Å². The lowest BCUT2D eigenvalue weighted by molar-refractivity contribution is -0.581. The molecule has 4 rings (SSSR count). The number of ketones is 1. The highest BCUT2D eigenvalue weighted by molar-refractivity contribution is 6.11. The van der Waals surface area contributed by atoms with Crippen molar-refractivity contribution in [3.05, 3.63) is 83.8 Å². The second-order valence-electron chi connectivity index (χ2n) is 5.10. The molecule has 0 aliphatic carbocycles. The van der Waals surface area contributed by atoms with Gasteiger partial charge in [-0.1, -0.05) is 15.7 Å². The van der Waals surface area contributed by atoms with Crippen LogP contribution in [-0.4, -0.2) is 25.4 Å². The van der Waals surface area contributed by atoms with Crippen molar-refractivity contribution >= 4 is 11.4 Å². The Morgan fingerprint density at radius 3 is 2.67 bits per heavy atom. The highest BCUT2D eigenvalue weighted by atomic mass is 16.5. The number of hydrogen-bond acceptors (Lipinski definition) is 5. The molecule has 4 heterocycles. The van der Waals surface area contributed by atoms with Crippen LogP contribution >= 0.6 is 0 Å². The second kappa shape index (κ2) is 5.54. The summed E-state index contributed by atoms with van der Waals surface area (Å²) >= 11 is 0. The number of rotatable bonds is 3. The smallest absolute Gasteiger partial charge is 0.323 e. The Balaban J connectivity index is 1.93. The van der Waals surface area contributed by atoms with E-state index in [4.69, 9.17) is 0 Å². The van der Waals surface area contributed by atoms with E-state index in [2.05, 4.69) is 15.1 Å². The first kappa shape index (κ1) is 14.0. The zero-order valence-electron chi connectivity index (χ0n) is 12.4. The summed E-state index contributed by atoms with van der Waals surface area (Å²) in [7, 11) is 0. The zero-order chi connectivity index (χ0) is 16.5. The number of carbonyl (C=O) groups is 1. The van der Waals surface area contributed by atoms with Crippen LogP contribution in [0.5, 0.6) is 0 Å². The molecule has 0 N–H and O–H groups in total. The lowest BCUT2D eigenvalue weighted by Gasteiger charge is -2.06. The normalized spacial score (nSPS) is 10.8. The number of fused-ring (bicyclic) bond motifs is 1. The van der Waals surface area contributed by atoms with Crippen LogP contribution in [0.2, 0.25) is 0 Å². The first-order valence-electron chi connectivity index (χ1n) is 7.22. The van der Waals surface area contributed by atoms with Crippen LogP contribution in [0.3, 0.4) is 0 Å². The molecule has 0 aliphatic heterocycles. The maximum absolute atomic E-state index is 12.6. The number of aromatic nitrogens is 5. The third-order valence-corrected chi connectivity index (χ3v) is 3.67. The number of pyridine rings is 2. The third-order valence-electron chi connectivity index (χ3n) is 3.67. The summed E-state index contributed by atoms with van der Waals surface area (Å²) in [5.74, 6) is -0.345. The van der Waals surface area contributed by atoms with Crippen LogP contribution in [0.25, 0.3) is 16.9 Å². The summed E-state index contributed by atoms with van der Waals surface area (Å²) in [6.45, 7) is 0. The Morgan fingerprint density at radius 2 is 1.92 bits per heavy atom. The molecule has 0 bridgehead atoms. The van der Waals surface area contributed by atoms with E-state index in [9.17, 15) is 10.0 Å². The van der Waals surface area contributed by atoms with Crippen molar-refractivity contribution in [2.75, 3.05) is 0 Å². The summed E-state index contributed by atoms with van der Waals surface area (Å²) in [6.07, 6.45) is 7.60. The molecule has 7 nitrogen and oxygen atoms in total. The fourth-order valence-electron chi connectivity index (χ4n) is 2.55. The van der Waals surface area contributed by atoms with Gasteiger partial charge in [-0.2, -0.15) is 0 Å². The van der Waals surface area contributed by atoms with E-state index in [-0.39, 0.29) is 22.7 Å². The average Bonchev–Trinajstić information content (AvgIpc) is 3.09. The number of carbonyl (C=O) groups excluding carboxylic acids is 1. The fraction of sp³-hybridized carbons (Fsp3) is 0. The van der Waals surface area contributed by atoms with E-state index in [1.54, 1.807) is 36.7 Å². The first-order chi connectivity index (χ1) is 11.8. The van der Waals surface area contributed by atoms with Gasteiger partial charge in [-0.3, -0.25) is 14.8 Å². The number of hydrogen-bond donors (Lipinski definition) is 0. The molecule has 7 heteroatoms. The summed E-state index contributed by atoms with van der Waals surface area (Å²) in [4.78, 5) is 20.7. The highest BCUT2D eigenvalue weighted by Crippen LogP contribution is 2.20. The van der Waals surface area contributed by atoms with Gasteiger partial charge < -0.3 is 5.21 Å². The monoisotopic (exact) mass is 317 g/mol. The zero-order valence-corrected chi connectivity index (χ0v) is 12.4. The topological polar surface area (TPSA) is 87.1 Å². The summed E-state index contributed by atoms with van der Waals surface area (Å²) in [5, 5.41) is 16.5. The molecule has 0 aromatic carbocycles. The van der Waals surface area contributed by atoms with E-state index in [0.717, 1.165) is 5.56 Å². The van der Waals surface area contributed by atoms with Gasteiger partial charge in [-0.15, -0.1) is 0 Å². The van der Waals surface area contributed by atoms with E-state index >= 15 is 0 Å². The fourth-order valence-corrected chi connectivity index (χ4v) is 2.55. The molecule has 4 aromatic heterocycles. The molecule has 0 spiro atoms. The molecule has 0 saturated heterocycles. The molecule has 0 saturated carbocycles. The molecule has 0 fully saturated rings. The van der Waals surface area contributed by atoms with Gasteiger partial charge >= 0.3 is 5.65 Å². The van der Waals surface area contributed by atoms with Gasteiger partial charge in [0.05, 0.1) is 12.4 Å². The van der Waals surface area contributed by atoms with Crippen LogP contribution < -0.4 is 4.73 Å². The molecular formula is C17H11N5O2. The highest BCUT2D eigenvalue weighted by Gasteiger charge is 2.24. The average molecular weight is 317 g/mol. The number of nitrogens with zero attached hydrogens (tertiary/aromatic N) is 5. The Kier molecular flexibility index (Phi) is 3.24. The van der Waals surface area contributed by atoms with Gasteiger partial charge in [0, 0.05) is 30.2 Å². The quantitative estimate of drug-likeness (QED) is 0.326. The molecular weight excluding hydrogens is 306 g/mol. The van der Waals surface area contributed by atoms with Gasteiger partial charge in [0.1, 0.15) is 11.3 Å². The van der Waals surface area contributed by atoms with E-state index in [1.807, 2.05) is 12.1 Å². The lowest BCUT2D eigenvalue weighted by Crippen LogP contribution is -2.30. The van der Waals surface area contributed by atoms with Crippen molar-refractivity contribution in [1.82, 2.24) is 19.6 Å². The van der Waals surface area contributed by atoms with Crippen molar-refractivity contribution in [3.63, 3.8) is 0 Å². The van der Waals surface area contributed by atoms with Crippen LogP contribution in [-0.2, 0) is 0 Å². The summed E-state index contributed by atoms with van der Waals surface area (Å²) < 4.78 is 2.09. The summed E-state index contributed by atoms with van der Waals surface area (Å²) in [6, 6.07) is 10.3. The predicted molar refractivity (Wildman–Crippen MR) is 85.1 cm³/mol. The molecule has 4 aromatic rings. The van der Waals surface area contributed by atoms with Gasteiger partial charge in [0.15, 0.2) is 5.69 Å². The maximum Gasteiger partial charge on any atom is 0.323 e. The molecule has 0 unspecified atom stereocenters. The molecule has 0 radical (unpaired) electrons. The molecule has 24 heavy (non-hydrogen) atoms. The van der Waals surface area contributed by atoms with Gasteiger partial charge in [-0.25, -0.2) is 4.73 Å². The van der Waals surface area contributed by atoms with E-state index in [1.165, 1.54) is 23.1 Å². The SMILES string of the molecule is O=C(c1ccccn1)c1cnn2c(-c3ccncc3)cc[n+]([O-])c12. The summed E-state index contributed by atoms with van der Waals surface area (Å²) in [5.41, 5.74) is 2.18. The van der Waals surface area contributed by atoms with Crippen molar-refractivity contribution in [3.8, 4) is 11.3 Å². The van der Waals surface area contributed by atoms with E-state index < -0.39 is 0 Å². The van der Waals surface area contributed by atoms with Crippen LogP contribution in [0.1, 0.15) is 16.1 Å². The van der Waals surface area contributed by atoms with Crippen molar-refractivity contribution in [1.29, 1.82) is 0 Å². The standard InChI is InChI=1S/C17H11N5O2/c23-16(14-3-1-2-7-19-14)13-11-20-22-15(6-10-21(24)17(13)22)12-4-8-18-9-5-12/h1-11H. The van der Waals surface area contributed by atoms with Crippen molar-refractivity contribution < 1.29 is 9.52 Å². The molecule has 116 valence electrons. The molecule has 0 atom stereocenters. The minimum absolute atomic E-state index is 0.167. The molecule has 0 aliphatic rings. The van der Waals surface area contributed by atoms with Crippen molar-refractivity contribution in [2.24, 2.45) is 0 Å².